The number of hydrogen-bond donors (Lipinski definition) is 1. The molecule has 0 heterocycles. The Balaban J connectivity index is 0.00000841. The lowest BCUT2D eigenvalue weighted by Gasteiger charge is -2.35. The molecule has 0 saturated carbocycles. The lowest BCUT2D eigenvalue weighted by atomic mass is 10.0. The van der Waals surface area contributed by atoms with Gasteiger partial charge in [-0.1, -0.05) is 114 Å². The van der Waals surface area contributed by atoms with Gasteiger partial charge in [0.15, 0.2) is 6.23 Å². The van der Waals surface area contributed by atoms with Crippen LogP contribution < -0.4 is 17.0 Å². The first-order chi connectivity index (χ1) is 14.1. The van der Waals surface area contributed by atoms with Crippen molar-refractivity contribution in [3.63, 3.8) is 0 Å². The monoisotopic (exact) mass is 483 g/mol. The molecule has 0 aliphatic rings. The minimum absolute atomic E-state index is 0. The molecule has 0 aliphatic carbocycles. The number of halogens is 1. The van der Waals surface area contributed by atoms with E-state index >= 15 is 0 Å². The first kappa shape index (κ1) is 29.6. The van der Waals surface area contributed by atoms with Crippen LogP contribution in [0, 0.1) is 0 Å². The number of aliphatic hydroxyl groups excluding tert-OH is 1. The van der Waals surface area contributed by atoms with Crippen molar-refractivity contribution >= 4 is 0 Å². The summed E-state index contributed by atoms with van der Waals surface area (Å²) in [5.74, 6) is 0. The van der Waals surface area contributed by atoms with Crippen LogP contribution in [0.3, 0.4) is 0 Å². The molecule has 3 heteroatoms. The highest BCUT2D eigenvalue weighted by Crippen LogP contribution is 2.16. The third-order valence-corrected chi connectivity index (χ3v) is 6.43. The average molecular weight is 485 g/mol. The molecule has 176 valence electrons. The molecule has 1 aromatic rings. The van der Waals surface area contributed by atoms with Gasteiger partial charge in [-0.05, 0) is 24.8 Å². The van der Waals surface area contributed by atoms with E-state index in [1.165, 1.54) is 95.5 Å². The Kier molecular flexibility index (Phi) is 19.1. The Morgan fingerprint density at radius 3 is 1.60 bits per heavy atom. The van der Waals surface area contributed by atoms with Gasteiger partial charge in [0.2, 0.25) is 0 Å². The highest BCUT2D eigenvalue weighted by atomic mass is 79.9. The standard InChI is InChI=1S/C27H50NO.BrH/c1-4-5-6-7-8-9-10-11-12-13-14-15-16-20-25-28(2,3)27(29)24-23-26-21-18-17-19-22-26;/h17-19,21-22,27,29H,4-16,20,23-25H2,1-3H3;1H/q+1;/p-1/t27-;/m0./s1. The second-order valence-electron chi connectivity index (χ2n) is 9.60. The third-order valence-electron chi connectivity index (χ3n) is 6.43. The molecule has 0 spiro atoms. The van der Waals surface area contributed by atoms with Crippen molar-refractivity contribution in [3.8, 4) is 0 Å². The van der Waals surface area contributed by atoms with Crippen LogP contribution in [0.4, 0.5) is 0 Å². The van der Waals surface area contributed by atoms with E-state index in [1.54, 1.807) is 0 Å². The Morgan fingerprint density at radius 1 is 0.700 bits per heavy atom. The predicted molar refractivity (Wildman–Crippen MR) is 128 cm³/mol. The van der Waals surface area contributed by atoms with E-state index in [0.29, 0.717) is 0 Å². The molecule has 1 atom stereocenters. The summed E-state index contributed by atoms with van der Waals surface area (Å²) in [6.45, 7) is 3.37. The number of rotatable bonds is 19. The fraction of sp³-hybridized carbons (Fsp3) is 0.778. The summed E-state index contributed by atoms with van der Waals surface area (Å²) in [5, 5.41) is 10.6. The lowest BCUT2D eigenvalue weighted by molar-refractivity contribution is -0.937. The molecule has 0 aliphatic heterocycles. The number of aliphatic hydroxyl groups is 1. The number of unbranched alkanes of at least 4 members (excludes halogenated alkanes) is 13. The molecule has 30 heavy (non-hydrogen) atoms. The van der Waals surface area contributed by atoms with Crippen LogP contribution in [0.2, 0.25) is 0 Å². The summed E-state index contributed by atoms with van der Waals surface area (Å²) in [4.78, 5) is 0. The highest BCUT2D eigenvalue weighted by molar-refractivity contribution is 5.14. The van der Waals surface area contributed by atoms with E-state index in [4.69, 9.17) is 0 Å². The average Bonchev–Trinajstić information content (AvgIpc) is 2.73. The van der Waals surface area contributed by atoms with E-state index in [0.717, 1.165) is 23.9 Å². The van der Waals surface area contributed by atoms with Crippen molar-refractivity contribution in [2.45, 2.75) is 116 Å². The van der Waals surface area contributed by atoms with Gasteiger partial charge in [-0.2, -0.15) is 0 Å². The number of nitrogens with zero attached hydrogens (tertiary/aromatic N) is 1. The molecular formula is C27H50BrNO. The molecule has 1 N–H and O–H groups in total. The zero-order valence-corrected chi connectivity index (χ0v) is 21.8. The molecule has 0 bridgehead atoms. The van der Waals surface area contributed by atoms with Gasteiger partial charge in [0.25, 0.3) is 0 Å². The van der Waals surface area contributed by atoms with E-state index < -0.39 is 0 Å². The van der Waals surface area contributed by atoms with Crippen molar-refractivity contribution in [1.29, 1.82) is 0 Å². The van der Waals surface area contributed by atoms with E-state index in [2.05, 4.69) is 51.4 Å². The predicted octanol–water partition coefficient (Wildman–Crippen LogP) is 4.50. The first-order valence-electron chi connectivity index (χ1n) is 12.6. The molecule has 0 amide bonds. The molecule has 0 radical (unpaired) electrons. The van der Waals surface area contributed by atoms with Crippen molar-refractivity contribution in [2.75, 3.05) is 20.6 Å². The second kappa shape index (κ2) is 19.3. The van der Waals surface area contributed by atoms with Gasteiger partial charge in [-0.25, -0.2) is 0 Å². The summed E-state index contributed by atoms with van der Waals surface area (Å²) in [6.07, 6.45) is 21.1. The quantitative estimate of drug-likeness (QED) is 0.174. The van der Waals surface area contributed by atoms with Crippen molar-refractivity contribution < 1.29 is 26.6 Å². The third kappa shape index (κ3) is 15.4. The molecule has 2 nitrogen and oxygen atoms in total. The second-order valence-corrected chi connectivity index (χ2v) is 9.60. The zero-order chi connectivity index (χ0) is 21.2. The smallest absolute Gasteiger partial charge is 0.190 e. The molecule has 0 unspecified atom stereocenters. The Morgan fingerprint density at radius 2 is 1.13 bits per heavy atom. The summed E-state index contributed by atoms with van der Waals surface area (Å²) in [7, 11) is 4.36. The summed E-state index contributed by atoms with van der Waals surface area (Å²) < 4.78 is 0.727. The highest BCUT2D eigenvalue weighted by Gasteiger charge is 2.24. The largest absolute Gasteiger partial charge is 1.00 e. The van der Waals surface area contributed by atoms with E-state index in [-0.39, 0.29) is 23.2 Å². The lowest BCUT2D eigenvalue weighted by Crippen LogP contribution is -3.00. The van der Waals surface area contributed by atoms with Crippen LogP contribution in [0.15, 0.2) is 30.3 Å². The molecule has 0 fully saturated rings. The van der Waals surface area contributed by atoms with Gasteiger partial charge in [0.05, 0.1) is 20.6 Å². The van der Waals surface area contributed by atoms with Crippen molar-refractivity contribution in [3.05, 3.63) is 35.9 Å². The summed E-state index contributed by atoms with van der Waals surface area (Å²) in [6, 6.07) is 10.5. The maximum absolute atomic E-state index is 10.6. The van der Waals surface area contributed by atoms with Crippen LogP contribution in [-0.2, 0) is 6.42 Å². The number of hydrogen-bond acceptors (Lipinski definition) is 1. The van der Waals surface area contributed by atoms with Crippen LogP contribution in [0.5, 0.6) is 0 Å². The van der Waals surface area contributed by atoms with Gasteiger partial charge in [0, 0.05) is 6.42 Å². The van der Waals surface area contributed by atoms with Crippen LogP contribution in [0.1, 0.15) is 109 Å². The number of aryl methyl sites for hydroxylation is 1. The van der Waals surface area contributed by atoms with Gasteiger partial charge in [-0.3, -0.25) is 0 Å². The topological polar surface area (TPSA) is 20.2 Å². The maximum Gasteiger partial charge on any atom is 0.190 e. The zero-order valence-electron chi connectivity index (χ0n) is 20.3. The Labute approximate surface area is 198 Å². The van der Waals surface area contributed by atoms with E-state index in [1.807, 2.05) is 0 Å². The summed E-state index contributed by atoms with van der Waals surface area (Å²) in [5.41, 5.74) is 1.32. The Bertz CT molecular complexity index is 477. The minimum Gasteiger partial charge on any atom is -1.00 e. The molecule has 0 aromatic heterocycles. The van der Waals surface area contributed by atoms with Crippen LogP contribution in [-0.4, -0.2) is 36.5 Å². The maximum atomic E-state index is 10.6. The molecule has 1 aromatic carbocycles. The van der Waals surface area contributed by atoms with Crippen molar-refractivity contribution in [1.82, 2.24) is 0 Å². The number of benzene rings is 1. The van der Waals surface area contributed by atoms with Gasteiger partial charge in [-0.15, -0.1) is 0 Å². The minimum atomic E-state index is -0.267. The molecule has 1 rings (SSSR count). The molecular weight excluding hydrogens is 434 g/mol. The SMILES string of the molecule is CCCCCCCCCCCCCCCC[N+](C)(C)[C@@H](O)CCc1ccccc1.[Br-]. The van der Waals surface area contributed by atoms with Crippen LogP contribution >= 0.6 is 0 Å². The summed E-state index contributed by atoms with van der Waals surface area (Å²) >= 11 is 0. The van der Waals surface area contributed by atoms with E-state index in [9.17, 15) is 5.11 Å². The van der Waals surface area contributed by atoms with Gasteiger partial charge >= 0.3 is 0 Å². The Hall–Kier alpha value is -0.380. The first-order valence-corrected chi connectivity index (χ1v) is 12.6. The fourth-order valence-corrected chi connectivity index (χ4v) is 4.15. The van der Waals surface area contributed by atoms with Gasteiger partial charge < -0.3 is 26.6 Å². The normalized spacial score (nSPS) is 12.5. The van der Waals surface area contributed by atoms with Crippen molar-refractivity contribution in [2.24, 2.45) is 0 Å². The van der Waals surface area contributed by atoms with Crippen LogP contribution in [0.25, 0.3) is 0 Å². The molecule has 0 saturated heterocycles. The number of quaternary nitrogens is 1. The fourth-order valence-electron chi connectivity index (χ4n) is 4.15. The van der Waals surface area contributed by atoms with Gasteiger partial charge in [0.1, 0.15) is 0 Å².